The zero-order valence-electron chi connectivity index (χ0n) is 15.2. The highest BCUT2D eigenvalue weighted by Crippen LogP contribution is 2.37. The molecule has 1 amide bonds. The number of halogens is 2. The average molecular weight is 498 g/mol. The molecule has 0 aromatic heterocycles. The number of carbonyl (C=O) groups is 1. The van der Waals surface area contributed by atoms with Gasteiger partial charge in [0.1, 0.15) is 0 Å². The second-order valence-corrected chi connectivity index (χ2v) is 8.30. The first-order valence-corrected chi connectivity index (χ1v) is 10.3. The van der Waals surface area contributed by atoms with Crippen molar-refractivity contribution < 1.29 is 4.79 Å². The maximum atomic E-state index is 13.4. The first-order valence-electron chi connectivity index (χ1n) is 8.88. The molecular weight excluding hydrogens is 481 g/mol. The van der Waals surface area contributed by atoms with Crippen LogP contribution in [0.5, 0.6) is 0 Å². The van der Waals surface area contributed by atoms with E-state index in [2.05, 4.69) is 28.7 Å². The normalized spacial score (nSPS) is 15.2. The van der Waals surface area contributed by atoms with Crippen LogP contribution in [0.2, 0.25) is 5.02 Å². The maximum Gasteiger partial charge on any atom is 0.262 e. The van der Waals surface area contributed by atoms with Gasteiger partial charge in [0.2, 0.25) is 0 Å². The number of hydrogen-bond donors (Lipinski definition) is 0. The van der Waals surface area contributed by atoms with Crippen LogP contribution in [-0.4, -0.2) is 5.91 Å². The maximum absolute atomic E-state index is 13.4. The van der Waals surface area contributed by atoms with Crippen LogP contribution in [0.4, 0.5) is 5.69 Å². The van der Waals surface area contributed by atoms with E-state index in [9.17, 15) is 4.79 Å². The van der Waals surface area contributed by atoms with Gasteiger partial charge in [0, 0.05) is 14.2 Å². The fourth-order valence-corrected chi connectivity index (χ4v) is 4.06. The van der Waals surface area contributed by atoms with E-state index >= 15 is 0 Å². The van der Waals surface area contributed by atoms with Gasteiger partial charge < -0.3 is 0 Å². The van der Waals surface area contributed by atoms with Gasteiger partial charge >= 0.3 is 0 Å². The summed E-state index contributed by atoms with van der Waals surface area (Å²) in [5.74, 6) is -0.0295. The third kappa shape index (κ3) is 3.77. The van der Waals surface area contributed by atoms with Gasteiger partial charge in [-0.25, -0.2) is 0 Å². The Balaban J connectivity index is 1.85. The Morgan fingerprint density at radius 2 is 1.68 bits per heavy atom. The number of benzene rings is 3. The van der Waals surface area contributed by atoms with Gasteiger partial charge in [0.15, 0.2) is 0 Å². The van der Waals surface area contributed by atoms with Crippen LogP contribution >= 0.6 is 34.2 Å². The van der Waals surface area contributed by atoms with Crippen LogP contribution in [0.15, 0.2) is 84.4 Å². The van der Waals surface area contributed by atoms with Crippen molar-refractivity contribution in [1.82, 2.24) is 0 Å². The monoisotopic (exact) mass is 497 g/mol. The molecule has 3 aromatic rings. The smallest absolute Gasteiger partial charge is 0.262 e. The van der Waals surface area contributed by atoms with Crippen LogP contribution in [0.25, 0.3) is 11.8 Å². The molecule has 0 bridgehead atoms. The van der Waals surface area contributed by atoms with Gasteiger partial charge in [-0.2, -0.15) is 0 Å². The van der Waals surface area contributed by atoms with E-state index < -0.39 is 0 Å². The van der Waals surface area contributed by atoms with E-state index in [-0.39, 0.29) is 5.91 Å². The highest BCUT2D eigenvalue weighted by Gasteiger charge is 2.31. The van der Waals surface area contributed by atoms with Crippen LogP contribution in [0.1, 0.15) is 16.7 Å². The van der Waals surface area contributed by atoms with E-state index in [0.29, 0.717) is 10.6 Å². The molecule has 4 rings (SSSR count). The summed E-state index contributed by atoms with van der Waals surface area (Å²) >= 11 is 8.35. The largest absolute Gasteiger partial charge is 0.276 e. The molecular formula is C24H17ClINO. The lowest BCUT2D eigenvalue weighted by Crippen LogP contribution is -2.25. The molecule has 0 aliphatic carbocycles. The van der Waals surface area contributed by atoms with Crippen molar-refractivity contribution >= 4 is 57.6 Å². The number of hydrogen-bond acceptors (Lipinski definition) is 1. The zero-order chi connectivity index (χ0) is 19.7. The van der Waals surface area contributed by atoms with Crippen LogP contribution < -0.4 is 4.90 Å². The minimum atomic E-state index is -0.0295. The van der Waals surface area contributed by atoms with E-state index in [1.165, 1.54) is 0 Å². The molecule has 0 atom stereocenters. The lowest BCUT2D eigenvalue weighted by atomic mass is 10.1. The third-order valence-corrected chi connectivity index (χ3v) is 5.57. The second-order valence-electron chi connectivity index (χ2n) is 6.62. The number of nitrogens with zero attached hydrogens (tertiary/aromatic N) is 1. The quantitative estimate of drug-likeness (QED) is 0.290. The Labute approximate surface area is 183 Å². The van der Waals surface area contributed by atoms with Gasteiger partial charge in [-0.15, -0.1) is 0 Å². The summed E-state index contributed by atoms with van der Waals surface area (Å²) in [7, 11) is 0. The number of amides is 1. The van der Waals surface area contributed by atoms with E-state index in [1.54, 1.807) is 4.90 Å². The van der Waals surface area contributed by atoms with Gasteiger partial charge in [-0.3, -0.25) is 9.69 Å². The Morgan fingerprint density at radius 1 is 0.964 bits per heavy atom. The van der Waals surface area contributed by atoms with Crippen LogP contribution in [0.3, 0.4) is 0 Å². The fraction of sp³-hybridized carbons (Fsp3) is 0.0417. The van der Waals surface area contributed by atoms with Crippen molar-refractivity contribution in [2.45, 2.75) is 6.92 Å². The molecule has 0 saturated heterocycles. The number of carbonyl (C=O) groups excluding carboxylic acids is 1. The number of anilines is 1. The van der Waals surface area contributed by atoms with E-state index in [0.717, 1.165) is 31.6 Å². The van der Waals surface area contributed by atoms with Gasteiger partial charge in [-0.05, 0) is 88.7 Å². The van der Waals surface area contributed by atoms with Crippen LogP contribution in [0, 0.1) is 10.5 Å². The molecule has 4 heteroatoms. The van der Waals surface area contributed by atoms with Crippen molar-refractivity contribution in [3.63, 3.8) is 0 Å². The molecule has 0 unspecified atom stereocenters. The molecule has 0 spiro atoms. The molecule has 0 radical (unpaired) electrons. The predicted molar refractivity (Wildman–Crippen MR) is 125 cm³/mol. The summed E-state index contributed by atoms with van der Waals surface area (Å²) in [5, 5.41) is 0.672. The second kappa shape index (κ2) is 7.94. The Kier molecular flexibility index (Phi) is 5.38. The highest BCUT2D eigenvalue weighted by atomic mass is 127. The Hall–Kier alpha value is -2.37. The minimum absolute atomic E-state index is 0.0295. The predicted octanol–water partition coefficient (Wildman–Crippen LogP) is 6.72. The molecule has 138 valence electrons. The summed E-state index contributed by atoms with van der Waals surface area (Å²) in [6.45, 7) is 2.03. The fourth-order valence-electron chi connectivity index (χ4n) is 3.29. The summed E-state index contributed by atoms with van der Waals surface area (Å²) in [6.07, 6.45) is 3.89. The number of aryl methyl sites for hydroxylation is 1. The van der Waals surface area contributed by atoms with Crippen molar-refractivity contribution in [2.75, 3.05) is 4.90 Å². The van der Waals surface area contributed by atoms with Crippen molar-refractivity contribution in [2.24, 2.45) is 0 Å². The first-order chi connectivity index (χ1) is 13.5. The van der Waals surface area contributed by atoms with Crippen molar-refractivity contribution in [3.05, 3.63) is 110 Å². The Bertz CT molecular complexity index is 1100. The first kappa shape index (κ1) is 19.0. The third-order valence-electron chi connectivity index (χ3n) is 4.64. The van der Waals surface area contributed by atoms with E-state index in [4.69, 9.17) is 11.6 Å². The molecule has 3 aromatic carbocycles. The lowest BCUT2D eigenvalue weighted by molar-refractivity contribution is -0.113. The molecule has 0 saturated carbocycles. The average Bonchev–Trinajstić information content (AvgIpc) is 3.00. The topological polar surface area (TPSA) is 20.3 Å². The highest BCUT2D eigenvalue weighted by molar-refractivity contribution is 14.1. The zero-order valence-corrected chi connectivity index (χ0v) is 18.1. The Morgan fingerprint density at radius 3 is 2.36 bits per heavy atom. The molecule has 1 heterocycles. The lowest BCUT2D eigenvalue weighted by Gasteiger charge is -2.23. The summed E-state index contributed by atoms with van der Waals surface area (Å²) < 4.78 is 1.14. The summed E-state index contributed by atoms with van der Waals surface area (Å²) in [4.78, 5) is 15.2. The van der Waals surface area contributed by atoms with Gasteiger partial charge in [0.25, 0.3) is 5.91 Å². The number of rotatable bonds is 3. The summed E-state index contributed by atoms with van der Waals surface area (Å²) in [6, 6.07) is 23.6. The molecule has 1 aliphatic rings. The summed E-state index contributed by atoms with van der Waals surface area (Å²) in [5.41, 5.74) is 5.41. The SMILES string of the molecule is Cc1cc(I)ccc1N1C(=O)/C(=C/c2ccccc2)C=C1c1ccc(Cl)cc1. The van der Waals surface area contributed by atoms with Crippen molar-refractivity contribution in [3.8, 4) is 0 Å². The van der Waals surface area contributed by atoms with Crippen molar-refractivity contribution in [1.29, 1.82) is 0 Å². The molecule has 28 heavy (non-hydrogen) atoms. The minimum Gasteiger partial charge on any atom is -0.276 e. The molecule has 0 fully saturated rings. The van der Waals surface area contributed by atoms with Crippen LogP contribution in [-0.2, 0) is 4.79 Å². The van der Waals surface area contributed by atoms with Gasteiger partial charge in [-0.1, -0.05) is 54.1 Å². The molecule has 1 aliphatic heterocycles. The standard InChI is InChI=1S/C24H17ClINO/c1-16-13-21(26)11-12-22(16)27-23(18-7-9-20(25)10-8-18)15-19(24(27)28)14-17-5-3-2-4-6-17/h2-15H,1H3/b19-14+. The molecule has 0 N–H and O–H groups in total. The van der Waals surface area contributed by atoms with Gasteiger partial charge in [0.05, 0.1) is 11.4 Å². The molecule has 2 nitrogen and oxygen atoms in total. The van der Waals surface area contributed by atoms with E-state index in [1.807, 2.05) is 85.8 Å².